The number of fused-ring (bicyclic) bond motifs is 1. The second kappa shape index (κ2) is 7.33. The van der Waals surface area contributed by atoms with E-state index in [1.807, 2.05) is 0 Å². The number of thioether (sulfide) groups is 1. The van der Waals surface area contributed by atoms with Gasteiger partial charge in [-0.2, -0.15) is 5.26 Å². The van der Waals surface area contributed by atoms with E-state index < -0.39 is 0 Å². The van der Waals surface area contributed by atoms with Crippen molar-refractivity contribution < 1.29 is 0 Å². The number of nitrogens with zero attached hydrogens (tertiary/aromatic N) is 3. The predicted molar refractivity (Wildman–Crippen MR) is 87.2 cm³/mol. The van der Waals surface area contributed by atoms with E-state index in [2.05, 4.69) is 39.4 Å². The van der Waals surface area contributed by atoms with Crippen LogP contribution in [0.5, 0.6) is 0 Å². The van der Waals surface area contributed by atoms with Gasteiger partial charge in [-0.05, 0) is 24.4 Å². The molecule has 2 heterocycles. The molecule has 1 aromatic heterocycles. The molecule has 2 N–H and O–H groups in total. The molecule has 1 atom stereocenters. The van der Waals surface area contributed by atoms with Gasteiger partial charge in [0.25, 0.3) is 0 Å². The quantitative estimate of drug-likeness (QED) is 0.626. The van der Waals surface area contributed by atoms with Gasteiger partial charge in [0.2, 0.25) is 0 Å². The fourth-order valence-corrected chi connectivity index (χ4v) is 3.59. The predicted octanol–water partition coefficient (Wildman–Crippen LogP) is 2.85. The van der Waals surface area contributed by atoms with Gasteiger partial charge in [0.15, 0.2) is 0 Å². The number of aromatic nitrogens is 1. The normalized spacial score (nSPS) is 17.6. The molecule has 0 saturated heterocycles. The van der Waals surface area contributed by atoms with E-state index in [1.165, 1.54) is 11.9 Å². The monoisotopic (exact) mass is 305 g/mol. The third kappa shape index (κ3) is 3.33. The minimum atomic E-state index is 0.0628. The number of hydrogen-bond acceptors (Lipinski definition) is 6. The Morgan fingerprint density at radius 1 is 1.80 bits per heavy atom. The average molecular weight is 305 g/mol. The Hall–Kier alpha value is -1.49. The van der Waals surface area contributed by atoms with E-state index in [0.717, 1.165) is 21.2 Å². The molecule has 2 rings (SSSR count). The topological polar surface area (TPSA) is 76.3 Å². The van der Waals surface area contributed by atoms with E-state index in [4.69, 9.17) is 5.26 Å². The summed E-state index contributed by atoms with van der Waals surface area (Å²) in [5.74, 6) is 0.977. The van der Waals surface area contributed by atoms with Gasteiger partial charge in [0.1, 0.15) is 6.07 Å². The lowest BCUT2D eigenvalue weighted by Crippen LogP contribution is -2.22. The number of H-pyrrole nitrogens is 1. The van der Waals surface area contributed by atoms with E-state index in [1.54, 1.807) is 30.4 Å². The van der Waals surface area contributed by atoms with Crippen molar-refractivity contribution in [3.05, 3.63) is 33.5 Å². The van der Waals surface area contributed by atoms with Gasteiger partial charge < -0.3 is 4.98 Å². The van der Waals surface area contributed by atoms with Crippen molar-refractivity contribution in [1.82, 2.24) is 9.71 Å². The van der Waals surface area contributed by atoms with Crippen LogP contribution in [0.15, 0.2) is 26.6 Å². The van der Waals surface area contributed by atoms with E-state index >= 15 is 0 Å². The molecule has 20 heavy (non-hydrogen) atoms. The first-order valence-corrected chi connectivity index (χ1v) is 7.92. The molecule has 7 heteroatoms. The second-order valence-electron chi connectivity index (χ2n) is 3.97. The number of nitriles is 1. The maximum absolute atomic E-state index is 9.04. The van der Waals surface area contributed by atoms with Crippen molar-refractivity contribution in [3.8, 4) is 6.07 Å². The third-order valence-corrected chi connectivity index (χ3v) is 4.71. The van der Waals surface area contributed by atoms with Crippen molar-refractivity contribution in [2.24, 2.45) is 9.98 Å². The number of aromatic amines is 1. The molecule has 1 aliphatic rings. The summed E-state index contributed by atoms with van der Waals surface area (Å²) < 4.78 is 4.43. The van der Waals surface area contributed by atoms with Gasteiger partial charge >= 0.3 is 0 Å². The highest BCUT2D eigenvalue weighted by atomic mass is 32.2. The lowest BCUT2D eigenvalue weighted by molar-refractivity contribution is 0.664. The first-order valence-electron chi connectivity index (χ1n) is 6.12. The number of nitrogens with one attached hydrogen (secondary N) is 2. The molecule has 0 spiro atoms. The van der Waals surface area contributed by atoms with Crippen molar-refractivity contribution in [1.29, 1.82) is 5.26 Å². The maximum atomic E-state index is 9.04. The van der Waals surface area contributed by atoms with Gasteiger partial charge in [0, 0.05) is 29.9 Å². The highest BCUT2D eigenvalue weighted by Crippen LogP contribution is 2.30. The van der Waals surface area contributed by atoms with Crippen LogP contribution in [-0.2, 0) is 0 Å². The van der Waals surface area contributed by atoms with Crippen LogP contribution >= 0.6 is 23.7 Å². The van der Waals surface area contributed by atoms with Crippen LogP contribution in [-0.4, -0.2) is 30.2 Å². The fraction of sp³-hybridized carbons (Fsp3) is 0.308. The van der Waals surface area contributed by atoms with Crippen LogP contribution in [0.25, 0.3) is 0 Å². The lowest BCUT2D eigenvalue weighted by atomic mass is 10.1. The summed E-state index contributed by atoms with van der Waals surface area (Å²) in [4.78, 5) is 11.3. The molecule has 104 valence electrons. The Labute approximate surface area is 126 Å². The minimum absolute atomic E-state index is 0.0628. The SMILES string of the molecule is C=N/C=C(\SCC)SNC1CN=Cc2c(C#N)c[nH]c21. The number of aliphatic imine (C=N–C) groups is 2. The van der Waals surface area contributed by atoms with E-state index in [9.17, 15) is 0 Å². The molecule has 0 aliphatic carbocycles. The van der Waals surface area contributed by atoms with Crippen LogP contribution in [0.4, 0.5) is 0 Å². The summed E-state index contributed by atoms with van der Waals surface area (Å²) in [5.41, 5.74) is 2.52. The van der Waals surface area contributed by atoms with E-state index in [-0.39, 0.29) is 6.04 Å². The number of hydrogen-bond donors (Lipinski definition) is 2. The van der Waals surface area contributed by atoms with Gasteiger partial charge in [0.05, 0.1) is 22.4 Å². The molecule has 0 radical (unpaired) electrons. The van der Waals surface area contributed by atoms with Crippen LogP contribution in [0, 0.1) is 11.3 Å². The van der Waals surface area contributed by atoms with Crippen molar-refractivity contribution in [2.75, 3.05) is 12.3 Å². The molecule has 0 saturated carbocycles. The molecule has 1 unspecified atom stereocenters. The molecule has 0 bridgehead atoms. The highest BCUT2D eigenvalue weighted by molar-refractivity contribution is 8.21. The van der Waals surface area contributed by atoms with Gasteiger partial charge in [-0.25, -0.2) is 4.72 Å². The Morgan fingerprint density at radius 3 is 3.35 bits per heavy atom. The van der Waals surface area contributed by atoms with Gasteiger partial charge in [-0.15, -0.1) is 11.8 Å². The van der Waals surface area contributed by atoms with Gasteiger partial charge in [-0.1, -0.05) is 6.92 Å². The molecular formula is C13H15N5S2. The van der Waals surface area contributed by atoms with Crippen molar-refractivity contribution >= 4 is 36.6 Å². The third-order valence-electron chi connectivity index (χ3n) is 2.71. The van der Waals surface area contributed by atoms with Crippen molar-refractivity contribution in [2.45, 2.75) is 13.0 Å². The first kappa shape index (κ1) is 14.9. The molecule has 5 nitrogen and oxygen atoms in total. The standard InChI is InChI=1S/C13H15N5S2/c1-3-19-12(8-15-2)20-18-11-7-16-6-10-9(4-14)5-17-13(10)11/h5-6,8,11,17-18H,2-3,7H2,1H3/b12-8+. The summed E-state index contributed by atoms with van der Waals surface area (Å²) in [5, 5.41) is 9.04. The molecule has 0 fully saturated rings. The Morgan fingerprint density at radius 2 is 2.65 bits per heavy atom. The highest BCUT2D eigenvalue weighted by Gasteiger charge is 2.22. The van der Waals surface area contributed by atoms with Crippen LogP contribution < -0.4 is 4.72 Å². The van der Waals surface area contributed by atoms with E-state index in [0.29, 0.717) is 12.1 Å². The summed E-state index contributed by atoms with van der Waals surface area (Å²) in [6.07, 6.45) is 5.23. The Kier molecular flexibility index (Phi) is 5.47. The van der Waals surface area contributed by atoms with Gasteiger partial charge in [-0.3, -0.25) is 9.98 Å². The number of rotatable bonds is 6. The van der Waals surface area contributed by atoms with Crippen LogP contribution in [0.3, 0.4) is 0 Å². The summed E-state index contributed by atoms with van der Waals surface area (Å²) in [6, 6.07) is 2.23. The largest absolute Gasteiger partial charge is 0.362 e. The smallest absolute Gasteiger partial charge is 0.101 e. The van der Waals surface area contributed by atoms with Crippen molar-refractivity contribution in [3.63, 3.8) is 0 Å². The first-order chi connectivity index (χ1) is 9.80. The molecule has 0 amide bonds. The fourth-order valence-electron chi connectivity index (χ4n) is 1.85. The van der Waals surface area contributed by atoms with Crippen LogP contribution in [0.2, 0.25) is 0 Å². The minimum Gasteiger partial charge on any atom is -0.362 e. The molecular weight excluding hydrogens is 290 g/mol. The summed E-state index contributed by atoms with van der Waals surface area (Å²) in [7, 11) is 0. The Balaban J connectivity index is 2.07. The zero-order valence-corrected chi connectivity index (χ0v) is 12.7. The maximum Gasteiger partial charge on any atom is 0.101 e. The van der Waals surface area contributed by atoms with Crippen LogP contribution in [0.1, 0.15) is 29.8 Å². The molecule has 1 aromatic rings. The molecule has 0 aromatic carbocycles. The lowest BCUT2D eigenvalue weighted by Gasteiger charge is -2.19. The Bertz CT molecular complexity index is 582. The summed E-state index contributed by atoms with van der Waals surface area (Å²) in [6.45, 7) is 6.22. The zero-order valence-electron chi connectivity index (χ0n) is 11.1. The second-order valence-corrected chi connectivity index (χ2v) is 6.42. The summed E-state index contributed by atoms with van der Waals surface area (Å²) >= 11 is 3.23. The zero-order chi connectivity index (χ0) is 14.4. The molecule has 1 aliphatic heterocycles. The average Bonchev–Trinajstić information content (AvgIpc) is 2.89.